The summed E-state index contributed by atoms with van der Waals surface area (Å²) in [4.78, 5) is 24.9. The van der Waals surface area contributed by atoms with Gasteiger partial charge >= 0.3 is 5.97 Å². The molecule has 1 heterocycles. The molecular formula is C26H20O6. The van der Waals surface area contributed by atoms with E-state index in [9.17, 15) is 9.59 Å². The Balaban J connectivity index is 1.53. The van der Waals surface area contributed by atoms with Gasteiger partial charge in [0, 0.05) is 12.1 Å². The molecule has 0 aliphatic carbocycles. The average Bonchev–Trinajstić information content (AvgIpc) is 2.81. The molecule has 3 aromatic carbocycles. The van der Waals surface area contributed by atoms with Crippen LogP contribution < -0.4 is 19.6 Å². The van der Waals surface area contributed by atoms with E-state index >= 15 is 0 Å². The van der Waals surface area contributed by atoms with Crippen molar-refractivity contribution in [1.29, 1.82) is 0 Å². The van der Waals surface area contributed by atoms with Gasteiger partial charge in [-0.3, -0.25) is 4.79 Å². The van der Waals surface area contributed by atoms with Gasteiger partial charge in [-0.15, -0.1) is 0 Å². The van der Waals surface area contributed by atoms with Crippen LogP contribution in [0.3, 0.4) is 0 Å². The zero-order valence-corrected chi connectivity index (χ0v) is 17.3. The fourth-order valence-corrected chi connectivity index (χ4v) is 3.03. The van der Waals surface area contributed by atoms with Gasteiger partial charge in [0.05, 0.1) is 12.0 Å². The second kappa shape index (κ2) is 9.66. The summed E-state index contributed by atoms with van der Waals surface area (Å²) < 4.78 is 22.2. The number of benzene rings is 3. The van der Waals surface area contributed by atoms with E-state index in [0.29, 0.717) is 23.5 Å². The van der Waals surface area contributed by atoms with Crippen molar-refractivity contribution in [3.8, 4) is 23.0 Å². The number of esters is 1. The Hall–Kier alpha value is -4.32. The molecule has 0 spiro atoms. The minimum Gasteiger partial charge on any atom is -0.490 e. The molecule has 6 nitrogen and oxygen atoms in total. The summed E-state index contributed by atoms with van der Waals surface area (Å²) >= 11 is 0. The molecule has 0 radical (unpaired) electrons. The molecule has 0 aliphatic heterocycles. The molecule has 0 saturated heterocycles. The van der Waals surface area contributed by atoms with Crippen LogP contribution in [-0.2, 0) is 4.79 Å². The quantitative estimate of drug-likeness (QED) is 0.217. The minimum atomic E-state index is -0.539. The van der Waals surface area contributed by atoms with Gasteiger partial charge in [0.15, 0.2) is 11.5 Å². The van der Waals surface area contributed by atoms with Crippen molar-refractivity contribution in [2.24, 2.45) is 0 Å². The van der Waals surface area contributed by atoms with Crippen molar-refractivity contribution in [3.63, 3.8) is 0 Å². The number of hydrogen-bond donors (Lipinski definition) is 0. The lowest BCUT2D eigenvalue weighted by Crippen LogP contribution is -2.07. The number of ether oxygens (including phenoxy) is 3. The van der Waals surface area contributed by atoms with Crippen LogP contribution in [0.4, 0.5) is 0 Å². The van der Waals surface area contributed by atoms with Gasteiger partial charge in [0.2, 0.25) is 11.2 Å². The second-order valence-electron chi connectivity index (χ2n) is 6.73. The van der Waals surface area contributed by atoms with Gasteiger partial charge in [-0.1, -0.05) is 42.5 Å². The number of carbonyl (C=O) groups excluding carboxylic acids is 1. The molecule has 0 unspecified atom stereocenters. The van der Waals surface area contributed by atoms with E-state index in [1.807, 2.05) is 43.3 Å². The first-order valence-corrected chi connectivity index (χ1v) is 10.0. The topological polar surface area (TPSA) is 75.0 Å². The molecular weight excluding hydrogens is 408 g/mol. The number of rotatable bonds is 7. The molecule has 32 heavy (non-hydrogen) atoms. The maximum Gasteiger partial charge on any atom is 0.336 e. The van der Waals surface area contributed by atoms with Crippen molar-refractivity contribution >= 4 is 23.0 Å². The Bertz CT molecular complexity index is 1320. The predicted molar refractivity (Wildman–Crippen MR) is 121 cm³/mol. The Morgan fingerprint density at radius 3 is 2.47 bits per heavy atom. The van der Waals surface area contributed by atoms with Crippen LogP contribution in [0.1, 0.15) is 12.5 Å². The normalized spacial score (nSPS) is 10.9. The molecule has 4 aromatic rings. The second-order valence-corrected chi connectivity index (χ2v) is 6.73. The van der Waals surface area contributed by atoms with E-state index in [0.717, 1.165) is 5.56 Å². The SMILES string of the molecule is CCOc1ccccc1Oc1coc2cc(OC(=O)C=Cc3ccccc3)ccc2c1=O. The van der Waals surface area contributed by atoms with E-state index in [2.05, 4.69) is 0 Å². The maximum atomic E-state index is 12.9. The monoisotopic (exact) mass is 428 g/mol. The summed E-state index contributed by atoms with van der Waals surface area (Å²) in [6, 6.07) is 21.0. The van der Waals surface area contributed by atoms with E-state index in [-0.39, 0.29) is 22.5 Å². The van der Waals surface area contributed by atoms with Gasteiger partial charge in [0.1, 0.15) is 17.6 Å². The summed E-state index contributed by atoms with van der Waals surface area (Å²) in [5.41, 5.74) is 0.810. The Kier molecular flexibility index (Phi) is 6.32. The van der Waals surface area contributed by atoms with E-state index < -0.39 is 5.97 Å². The fraction of sp³-hybridized carbons (Fsp3) is 0.0769. The number of hydrogen-bond acceptors (Lipinski definition) is 6. The molecule has 0 amide bonds. The van der Waals surface area contributed by atoms with Gasteiger partial charge < -0.3 is 18.6 Å². The first-order chi connectivity index (χ1) is 15.6. The van der Waals surface area contributed by atoms with Gasteiger partial charge in [-0.2, -0.15) is 0 Å². The summed E-state index contributed by atoms with van der Waals surface area (Å²) in [7, 11) is 0. The van der Waals surface area contributed by atoms with Gasteiger partial charge in [-0.25, -0.2) is 4.79 Å². The van der Waals surface area contributed by atoms with Crippen molar-refractivity contribution in [2.75, 3.05) is 6.61 Å². The maximum absolute atomic E-state index is 12.9. The average molecular weight is 428 g/mol. The van der Waals surface area contributed by atoms with Crippen molar-refractivity contribution in [2.45, 2.75) is 6.92 Å². The smallest absolute Gasteiger partial charge is 0.336 e. The summed E-state index contributed by atoms with van der Waals surface area (Å²) in [5, 5.41) is 0.302. The van der Waals surface area contributed by atoms with E-state index in [4.69, 9.17) is 18.6 Å². The Labute approximate surface area is 184 Å². The Morgan fingerprint density at radius 1 is 0.938 bits per heavy atom. The number of carbonyl (C=O) groups is 1. The lowest BCUT2D eigenvalue weighted by atomic mass is 10.2. The third-order valence-electron chi connectivity index (χ3n) is 4.51. The highest BCUT2D eigenvalue weighted by Gasteiger charge is 2.13. The largest absolute Gasteiger partial charge is 0.490 e. The van der Waals surface area contributed by atoms with Crippen LogP contribution in [0, 0.1) is 0 Å². The van der Waals surface area contributed by atoms with Crippen LogP contribution >= 0.6 is 0 Å². The fourth-order valence-electron chi connectivity index (χ4n) is 3.03. The third kappa shape index (κ3) is 4.87. The van der Waals surface area contributed by atoms with E-state index in [1.165, 1.54) is 30.5 Å². The molecule has 1 aromatic heterocycles. The van der Waals surface area contributed by atoms with Gasteiger partial charge in [0.25, 0.3) is 0 Å². The molecule has 0 aliphatic rings. The van der Waals surface area contributed by atoms with Crippen LogP contribution in [-0.4, -0.2) is 12.6 Å². The lowest BCUT2D eigenvalue weighted by Gasteiger charge is -2.11. The number of para-hydroxylation sites is 2. The predicted octanol–water partition coefficient (Wildman–Crippen LogP) is 5.60. The van der Waals surface area contributed by atoms with Crippen LogP contribution in [0.2, 0.25) is 0 Å². The molecule has 0 atom stereocenters. The highest BCUT2D eigenvalue weighted by atomic mass is 16.5. The third-order valence-corrected chi connectivity index (χ3v) is 4.51. The van der Waals surface area contributed by atoms with Crippen LogP contribution in [0.5, 0.6) is 23.0 Å². The minimum absolute atomic E-state index is 0.0280. The molecule has 0 bridgehead atoms. The molecule has 4 rings (SSSR count). The first-order valence-electron chi connectivity index (χ1n) is 10.0. The zero-order chi connectivity index (χ0) is 22.3. The molecule has 6 heteroatoms. The lowest BCUT2D eigenvalue weighted by molar-refractivity contribution is -0.128. The van der Waals surface area contributed by atoms with Crippen LogP contribution in [0.25, 0.3) is 17.0 Å². The first kappa shape index (κ1) is 20.9. The molecule has 0 fully saturated rings. The van der Waals surface area contributed by atoms with Gasteiger partial charge in [-0.05, 0) is 42.8 Å². The molecule has 0 saturated carbocycles. The van der Waals surface area contributed by atoms with E-state index in [1.54, 1.807) is 24.3 Å². The van der Waals surface area contributed by atoms with Crippen molar-refractivity contribution in [1.82, 2.24) is 0 Å². The van der Waals surface area contributed by atoms with Crippen molar-refractivity contribution in [3.05, 3.63) is 101 Å². The number of fused-ring (bicyclic) bond motifs is 1. The Morgan fingerprint density at radius 2 is 1.69 bits per heavy atom. The highest BCUT2D eigenvalue weighted by Crippen LogP contribution is 2.31. The standard InChI is InChI=1S/C26H20O6/c1-2-29-21-10-6-7-11-22(21)32-24-17-30-23-16-19(13-14-20(23)26(24)28)31-25(27)15-12-18-8-4-3-5-9-18/h3-17H,2H2,1H3. The van der Waals surface area contributed by atoms with Crippen LogP contribution in [0.15, 0.2) is 94.3 Å². The summed E-state index contributed by atoms with van der Waals surface area (Å²) in [5.74, 6) is 0.694. The summed E-state index contributed by atoms with van der Waals surface area (Å²) in [6.45, 7) is 2.33. The van der Waals surface area contributed by atoms with Crippen molar-refractivity contribution < 1.29 is 23.4 Å². The molecule has 160 valence electrons. The zero-order valence-electron chi connectivity index (χ0n) is 17.3. The summed E-state index contributed by atoms with van der Waals surface area (Å²) in [6.07, 6.45) is 4.23. The highest BCUT2D eigenvalue weighted by molar-refractivity contribution is 5.89. The molecule has 0 N–H and O–H groups in total.